The highest BCUT2D eigenvalue weighted by molar-refractivity contribution is 7.91. The van der Waals surface area contributed by atoms with Gasteiger partial charge in [-0.05, 0) is 25.1 Å². The fraction of sp³-hybridized carbons (Fsp3) is 0.636. The van der Waals surface area contributed by atoms with E-state index in [9.17, 15) is 8.42 Å². The van der Waals surface area contributed by atoms with Gasteiger partial charge in [0.25, 0.3) is 10.0 Å². The standard InChI is InChI=1S/C11H16Cl2N2O2S2/c12-4-7-14-5-1-6-15(9-8-14)19(16,17)11-3-2-10(13)18-11/h2-3H,1,4-9H2. The summed E-state index contributed by atoms with van der Waals surface area (Å²) in [5.74, 6) is 0.577. The second-order valence-corrected chi connectivity index (χ2v) is 8.60. The monoisotopic (exact) mass is 342 g/mol. The summed E-state index contributed by atoms with van der Waals surface area (Å²) in [6.45, 7) is 3.49. The lowest BCUT2D eigenvalue weighted by Crippen LogP contribution is -2.35. The average molecular weight is 343 g/mol. The van der Waals surface area contributed by atoms with E-state index in [-0.39, 0.29) is 0 Å². The van der Waals surface area contributed by atoms with Crippen LogP contribution in [0.25, 0.3) is 0 Å². The molecular formula is C11H16Cl2N2O2S2. The van der Waals surface area contributed by atoms with Crippen molar-refractivity contribution in [1.82, 2.24) is 9.21 Å². The van der Waals surface area contributed by atoms with Crippen LogP contribution in [0.1, 0.15) is 6.42 Å². The number of rotatable bonds is 4. The van der Waals surface area contributed by atoms with Gasteiger partial charge in [-0.25, -0.2) is 8.42 Å². The van der Waals surface area contributed by atoms with E-state index >= 15 is 0 Å². The SMILES string of the molecule is O=S(=O)(c1ccc(Cl)s1)N1CCCN(CCCl)CC1. The highest BCUT2D eigenvalue weighted by Crippen LogP contribution is 2.28. The maximum absolute atomic E-state index is 12.5. The molecule has 1 aromatic rings. The van der Waals surface area contributed by atoms with E-state index in [1.54, 1.807) is 16.4 Å². The number of hydrogen-bond donors (Lipinski definition) is 0. The minimum atomic E-state index is -3.40. The zero-order valence-electron chi connectivity index (χ0n) is 10.4. The first-order valence-corrected chi connectivity index (χ1v) is 9.25. The van der Waals surface area contributed by atoms with Gasteiger partial charge in [0.2, 0.25) is 0 Å². The lowest BCUT2D eigenvalue weighted by atomic mass is 10.4. The van der Waals surface area contributed by atoms with E-state index in [2.05, 4.69) is 4.90 Å². The number of halogens is 2. The fourth-order valence-corrected chi connectivity index (χ4v) is 5.44. The van der Waals surface area contributed by atoms with Crippen molar-refractivity contribution in [3.63, 3.8) is 0 Å². The van der Waals surface area contributed by atoms with Gasteiger partial charge < -0.3 is 4.90 Å². The first kappa shape index (κ1) is 15.5. The molecule has 2 rings (SSSR count). The van der Waals surface area contributed by atoms with Gasteiger partial charge >= 0.3 is 0 Å². The Morgan fingerprint density at radius 1 is 1.21 bits per heavy atom. The zero-order valence-corrected chi connectivity index (χ0v) is 13.5. The van der Waals surface area contributed by atoms with Crippen LogP contribution in [-0.4, -0.2) is 56.2 Å². The third-order valence-corrected chi connectivity index (χ3v) is 6.86. The highest BCUT2D eigenvalue weighted by atomic mass is 35.5. The van der Waals surface area contributed by atoms with E-state index in [0.29, 0.717) is 27.5 Å². The molecule has 0 aromatic carbocycles. The van der Waals surface area contributed by atoms with Gasteiger partial charge in [-0.15, -0.1) is 22.9 Å². The number of alkyl halides is 1. The molecule has 0 bridgehead atoms. The largest absolute Gasteiger partial charge is 0.301 e. The molecule has 0 N–H and O–H groups in total. The Labute approximate surface area is 128 Å². The quantitative estimate of drug-likeness (QED) is 0.788. The number of hydrogen-bond acceptors (Lipinski definition) is 4. The molecule has 1 saturated heterocycles. The Kier molecular flexibility index (Phi) is 5.51. The molecule has 1 aliphatic rings. The summed E-state index contributed by atoms with van der Waals surface area (Å²) in [5.41, 5.74) is 0. The Morgan fingerprint density at radius 2 is 2.00 bits per heavy atom. The van der Waals surface area contributed by atoms with Crippen LogP contribution in [0.3, 0.4) is 0 Å². The predicted molar refractivity (Wildman–Crippen MR) is 79.9 cm³/mol. The van der Waals surface area contributed by atoms with Crippen molar-refractivity contribution in [2.75, 3.05) is 38.6 Å². The maximum Gasteiger partial charge on any atom is 0.252 e. The van der Waals surface area contributed by atoms with E-state index in [0.717, 1.165) is 37.4 Å². The second-order valence-electron chi connectivity index (χ2n) is 4.35. The summed E-state index contributed by atoms with van der Waals surface area (Å²) in [4.78, 5) is 2.20. The topological polar surface area (TPSA) is 40.6 Å². The van der Waals surface area contributed by atoms with Gasteiger partial charge in [0.15, 0.2) is 0 Å². The lowest BCUT2D eigenvalue weighted by molar-refractivity contribution is 0.303. The molecule has 0 spiro atoms. The first-order valence-electron chi connectivity index (χ1n) is 6.08. The first-order chi connectivity index (χ1) is 9.04. The summed E-state index contributed by atoms with van der Waals surface area (Å²) in [7, 11) is -3.40. The van der Waals surface area contributed by atoms with E-state index in [1.807, 2.05) is 0 Å². The summed E-state index contributed by atoms with van der Waals surface area (Å²) < 4.78 is 27.3. The third-order valence-electron chi connectivity index (χ3n) is 3.09. The van der Waals surface area contributed by atoms with Crippen LogP contribution < -0.4 is 0 Å². The lowest BCUT2D eigenvalue weighted by Gasteiger charge is -2.20. The summed E-state index contributed by atoms with van der Waals surface area (Å²) >= 11 is 12.6. The van der Waals surface area contributed by atoms with E-state index in [4.69, 9.17) is 23.2 Å². The van der Waals surface area contributed by atoms with Crippen molar-refractivity contribution >= 4 is 44.6 Å². The maximum atomic E-state index is 12.5. The van der Waals surface area contributed by atoms with Crippen LogP contribution in [0.2, 0.25) is 4.34 Å². The Bertz CT molecular complexity index is 519. The normalized spacial score (nSPS) is 19.5. The van der Waals surface area contributed by atoms with Crippen LogP contribution in [-0.2, 0) is 10.0 Å². The molecule has 0 saturated carbocycles. The molecule has 19 heavy (non-hydrogen) atoms. The molecule has 0 radical (unpaired) electrons. The molecule has 0 atom stereocenters. The van der Waals surface area contributed by atoms with Crippen LogP contribution in [0.15, 0.2) is 16.3 Å². The zero-order chi connectivity index (χ0) is 13.9. The minimum absolute atomic E-state index is 0.322. The molecule has 0 unspecified atom stereocenters. The van der Waals surface area contributed by atoms with Crippen molar-refractivity contribution in [1.29, 1.82) is 0 Å². The molecular weight excluding hydrogens is 327 g/mol. The Morgan fingerprint density at radius 3 is 2.63 bits per heavy atom. The molecule has 1 aliphatic heterocycles. The van der Waals surface area contributed by atoms with Gasteiger partial charge in [-0.3, -0.25) is 0 Å². The molecule has 1 fully saturated rings. The van der Waals surface area contributed by atoms with E-state index < -0.39 is 10.0 Å². The van der Waals surface area contributed by atoms with Gasteiger partial charge in [-0.1, -0.05) is 11.6 Å². The van der Waals surface area contributed by atoms with Crippen molar-refractivity contribution in [2.24, 2.45) is 0 Å². The minimum Gasteiger partial charge on any atom is -0.301 e. The Hall–Kier alpha value is 0.150. The number of thiophene rings is 1. The molecule has 108 valence electrons. The van der Waals surface area contributed by atoms with Gasteiger partial charge in [0.05, 0.1) is 4.34 Å². The van der Waals surface area contributed by atoms with Gasteiger partial charge in [0.1, 0.15) is 4.21 Å². The fourth-order valence-electron chi connectivity index (χ4n) is 2.09. The molecule has 0 aliphatic carbocycles. The molecule has 1 aromatic heterocycles. The average Bonchev–Trinajstić information content (AvgIpc) is 2.66. The van der Waals surface area contributed by atoms with Crippen molar-refractivity contribution in [3.8, 4) is 0 Å². The number of nitrogens with zero attached hydrogens (tertiary/aromatic N) is 2. The van der Waals surface area contributed by atoms with Crippen LogP contribution in [0.4, 0.5) is 0 Å². The summed E-state index contributed by atoms with van der Waals surface area (Å²) in [6.07, 6.45) is 0.829. The van der Waals surface area contributed by atoms with Gasteiger partial charge in [0, 0.05) is 32.1 Å². The van der Waals surface area contributed by atoms with E-state index in [1.165, 1.54) is 0 Å². The molecule has 8 heteroatoms. The summed E-state index contributed by atoms with van der Waals surface area (Å²) in [5, 5.41) is 0. The predicted octanol–water partition coefficient (Wildman–Crippen LogP) is 2.34. The van der Waals surface area contributed by atoms with Crippen LogP contribution >= 0.6 is 34.5 Å². The third kappa shape index (κ3) is 3.83. The second kappa shape index (κ2) is 6.74. The summed E-state index contributed by atoms with van der Waals surface area (Å²) in [6, 6.07) is 3.19. The Balaban J connectivity index is 2.09. The smallest absolute Gasteiger partial charge is 0.252 e. The van der Waals surface area contributed by atoms with Gasteiger partial charge in [-0.2, -0.15) is 4.31 Å². The number of sulfonamides is 1. The highest BCUT2D eigenvalue weighted by Gasteiger charge is 2.27. The van der Waals surface area contributed by atoms with Crippen molar-refractivity contribution in [2.45, 2.75) is 10.6 Å². The van der Waals surface area contributed by atoms with Crippen LogP contribution in [0.5, 0.6) is 0 Å². The molecule has 4 nitrogen and oxygen atoms in total. The van der Waals surface area contributed by atoms with Crippen molar-refractivity contribution in [3.05, 3.63) is 16.5 Å². The van der Waals surface area contributed by atoms with Crippen molar-refractivity contribution < 1.29 is 8.42 Å². The molecule has 2 heterocycles. The molecule has 0 amide bonds. The van der Waals surface area contributed by atoms with Crippen LogP contribution in [0, 0.1) is 0 Å².